The topological polar surface area (TPSA) is 78.9 Å². The summed E-state index contributed by atoms with van der Waals surface area (Å²) in [6.07, 6.45) is 57.7. The van der Waals surface area contributed by atoms with E-state index in [1.165, 1.54) is 103 Å². The van der Waals surface area contributed by atoms with Crippen molar-refractivity contribution >= 4 is 17.9 Å². The number of ether oxygens (including phenoxy) is 3. The summed E-state index contributed by atoms with van der Waals surface area (Å²) in [5, 5.41) is 0. The molecule has 0 aromatic carbocycles. The van der Waals surface area contributed by atoms with E-state index in [0.29, 0.717) is 19.3 Å². The lowest BCUT2D eigenvalue weighted by atomic mass is 10.1. The Morgan fingerprint density at radius 3 is 1.07 bits per heavy atom. The van der Waals surface area contributed by atoms with E-state index in [1.54, 1.807) is 0 Å². The third-order valence-corrected chi connectivity index (χ3v) is 10.5. The minimum atomic E-state index is -0.787. The number of rotatable bonds is 44. The lowest BCUT2D eigenvalue weighted by molar-refractivity contribution is -0.167. The summed E-state index contributed by atoms with van der Waals surface area (Å²) in [7, 11) is 0. The molecular formula is C53H92O6. The van der Waals surface area contributed by atoms with Crippen molar-refractivity contribution in [3.63, 3.8) is 0 Å². The van der Waals surface area contributed by atoms with E-state index < -0.39 is 6.10 Å². The third-order valence-electron chi connectivity index (χ3n) is 10.5. The highest BCUT2D eigenvalue weighted by Gasteiger charge is 2.19. The van der Waals surface area contributed by atoms with E-state index in [1.807, 2.05) is 0 Å². The molecule has 0 radical (unpaired) electrons. The van der Waals surface area contributed by atoms with Crippen molar-refractivity contribution in [2.45, 2.75) is 245 Å². The Balaban J connectivity index is 4.40. The van der Waals surface area contributed by atoms with Gasteiger partial charge in [0.1, 0.15) is 13.2 Å². The van der Waals surface area contributed by atoms with Crippen LogP contribution in [0.15, 0.2) is 60.8 Å². The first kappa shape index (κ1) is 56.1. The lowest BCUT2D eigenvalue weighted by Gasteiger charge is -2.18. The van der Waals surface area contributed by atoms with Gasteiger partial charge in [-0.3, -0.25) is 14.4 Å². The second-order valence-corrected chi connectivity index (χ2v) is 16.4. The number of carbonyl (C=O) groups is 3. The SMILES string of the molecule is CCCC/C=C\CCCCCCCC(=O)O[C@H](COC(=O)CCCCC/C=C\C/C=C\C/C=C\C/C=C\CCCCC)COC(=O)CCCCCCCCCCCCC. The predicted molar refractivity (Wildman–Crippen MR) is 251 cm³/mol. The van der Waals surface area contributed by atoms with Crippen molar-refractivity contribution in [2.24, 2.45) is 0 Å². The fraction of sp³-hybridized carbons (Fsp3) is 0.755. The first-order valence-electron chi connectivity index (χ1n) is 24.8. The van der Waals surface area contributed by atoms with Crippen LogP contribution in [-0.4, -0.2) is 37.2 Å². The second-order valence-electron chi connectivity index (χ2n) is 16.4. The van der Waals surface area contributed by atoms with Crippen LogP contribution in [0.2, 0.25) is 0 Å². The predicted octanol–water partition coefficient (Wildman–Crippen LogP) is 16.1. The monoisotopic (exact) mass is 825 g/mol. The summed E-state index contributed by atoms with van der Waals surface area (Å²) in [5.41, 5.74) is 0. The normalized spacial score (nSPS) is 12.5. The maximum Gasteiger partial charge on any atom is 0.306 e. The van der Waals surface area contributed by atoms with Gasteiger partial charge < -0.3 is 14.2 Å². The smallest absolute Gasteiger partial charge is 0.306 e. The molecule has 0 aliphatic heterocycles. The van der Waals surface area contributed by atoms with Crippen LogP contribution in [0.3, 0.4) is 0 Å². The average molecular weight is 825 g/mol. The van der Waals surface area contributed by atoms with Crippen molar-refractivity contribution in [1.82, 2.24) is 0 Å². The number of unbranched alkanes of at least 4 members (excludes halogenated alkanes) is 23. The van der Waals surface area contributed by atoms with Crippen molar-refractivity contribution in [2.75, 3.05) is 13.2 Å². The molecule has 0 heterocycles. The van der Waals surface area contributed by atoms with Crippen LogP contribution in [0.25, 0.3) is 0 Å². The molecule has 0 fully saturated rings. The van der Waals surface area contributed by atoms with Gasteiger partial charge >= 0.3 is 17.9 Å². The molecule has 0 aromatic heterocycles. The van der Waals surface area contributed by atoms with Crippen molar-refractivity contribution < 1.29 is 28.6 Å². The van der Waals surface area contributed by atoms with Crippen LogP contribution in [0.1, 0.15) is 239 Å². The van der Waals surface area contributed by atoms with Gasteiger partial charge in [0.15, 0.2) is 6.10 Å². The Morgan fingerprint density at radius 2 is 0.627 bits per heavy atom. The summed E-state index contributed by atoms with van der Waals surface area (Å²) in [5.74, 6) is -0.929. The Morgan fingerprint density at radius 1 is 0.339 bits per heavy atom. The standard InChI is InChI=1S/C53H92O6/c1-4-7-10-13-16-19-22-23-24-25-26-27-28-29-32-34-37-40-43-46-52(55)58-49-50(59-53(56)47-44-41-38-35-31-21-18-15-12-9-6-3)48-57-51(54)45-42-39-36-33-30-20-17-14-11-8-5-2/h15-16,18-19,23-24,26-27,29,32,50H,4-14,17,20-22,25,28,30-31,33-49H2,1-3H3/b18-15-,19-16-,24-23-,27-26-,32-29-/t50-/m0/s1. The van der Waals surface area contributed by atoms with Gasteiger partial charge in [-0.1, -0.05) is 197 Å². The number of carbonyl (C=O) groups excluding carboxylic acids is 3. The molecule has 0 bridgehead atoms. The van der Waals surface area contributed by atoms with Crippen LogP contribution in [-0.2, 0) is 28.6 Å². The van der Waals surface area contributed by atoms with Gasteiger partial charge in [0.25, 0.3) is 0 Å². The molecule has 6 nitrogen and oxygen atoms in total. The molecule has 59 heavy (non-hydrogen) atoms. The highest BCUT2D eigenvalue weighted by atomic mass is 16.6. The molecule has 6 heteroatoms. The molecule has 0 spiro atoms. The largest absolute Gasteiger partial charge is 0.462 e. The van der Waals surface area contributed by atoms with Crippen LogP contribution < -0.4 is 0 Å². The molecule has 0 saturated heterocycles. The molecular weight excluding hydrogens is 733 g/mol. The summed E-state index contributed by atoms with van der Waals surface area (Å²) in [4.78, 5) is 37.8. The van der Waals surface area contributed by atoms with Crippen LogP contribution in [0.5, 0.6) is 0 Å². The van der Waals surface area contributed by atoms with E-state index in [4.69, 9.17) is 14.2 Å². The molecule has 0 aromatic rings. The molecule has 1 atom stereocenters. The molecule has 0 rings (SSSR count). The number of hydrogen-bond donors (Lipinski definition) is 0. The molecule has 0 aliphatic carbocycles. The van der Waals surface area contributed by atoms with Crippen molar-refractivity contribution in [3.8, 4) is 0 Å². The van der Waals surface area contributed by atoms with Crippen molar-refractivity contribution in [3.05, 3.63) is 60.8 Å². The molecule has 0 amide bonds. The summed E-state index contributed by atoms with van der Waals surface area (Å²) < 4.78 is 16.7. The number of hydrogen-bond acceptors (Lipinski definition) is 6. The summed E-state index contributed by atoms with van der Waals surface area (Å²) >= 11 is 0. The molecule has 0 N–H and O–H groups in total. The zero-order valence-corrected chi connectivity index (χ0v) is 38.8. The maximum absolute atomic E-state index is 12.7. The summed E-state index contributed by atoms with van der Waals surface area (Å²) in [6.45, 7) is 6.52. The fourth-order valence-corrected chi connectivity index (χ4v) is 6.70. The number of esters is 3. The minimum Gasteiger partial charge on any atom is -0.462 e. The van der Waals surface area contributed by atoms with Gasteiger partial charge in [-0.05, 0) is 83.5 Å². The zero-order chi connectivity index (χ0) is 43.0. The van der Waals surface area contributed by atoms with Crippen LogP contribution in [0, 0.1) is 0 Å². The molecule has 0 unspecified atom stereocenters. The van der Waals surface area contributed by atoms with Gasteiger partial charge in [-0.15, -0.1) is 0 Å². The first-order chi connectivity index (χ1) is 29.0. The van der Waals surface area contributed by atoms with Gasteiger partial charge in [0.05, 0.1) is 0 Å². The van der Waals surface area contributed by atoms with E-state index in [2.05, 4.69) is 81.5 Å². The second kappa shape index (κ2) is 47.8. The zero-order valence-electron chi connectivity index (χ0n) is 38.8. The highest BCUT2D eigenvalue weighted by molar-refractivity contribution is 5.71. The highest BCUT2D eigenvalue weighted by Crippen LogP contribution is 2.14. The Bertz CT molecular complexity index is 1090. The average Bonchev–Trinajstić information content (AvgIpc) is 3.23. The maximum atomic E-state index is 12.7. The Hall–Kier alpha value is -2.89. The minimum absolute atomic E-state index is 0.0866. The van der Waals surface area contributed by atoms with Crippen LogP contribution in [0.4, 0.5) is 0 Å². The van der Waals surface area contributed by atoms with Gasteiger partial charge in [-0.25, -0.2) is 0 Å². The van der Waals surface area contributed by atoms with Gasteiger partial charge in [0, 0.05) is 19.3 Å². The van der Waals surface area contributed by atoms with Gasteiger partial charge in [0.2, 0.25) is 0 Å². The quantitative estimate of drug-likeness (QED) is 0.0263. The van der Waals surface area contributed by atoms with Crippen LogP contribution >= 0.6 is 0 Å². The Labute approximate surface area is 364 Å². The fourth-order valence-electron chi connectivity index (χ4n) is 6.70. The van der Waals surface area contributed by atoms with Crippen molar-refractivity contribution in [1.29, 1.82) is 0 Å². The van der Waals surface area contributed by atoms with E-state index >= 15 is 0 Å². The van der Waals surface area contributed by atoms with E-state index in [9.17, 15) is 14.4 Å². The molecule has 0 aliphatic rings. The Kier molecular flexibility index (Phi) is 45.4. The molecule has 340 valence electrons. The molecule has 0 saturated carbocycles. The first-order valence-corrected chi connectivity index (χ1v) is 24.8. The lowest BCUT2D eigenvalue weighted by Crippen LogP contribution is -2.30. The third kappa shape index (κ3) is 46.0. The van der Waals surface area contributed by atoms with E-state index in [0.717, 1.165) is 96.3 Å². The van der Waals surface area contributed by atoms with Gasteiger partial charge in [-0.2, -0.15) is 0 Å². The number of allylic oxidation sites excluding steroid dienone is 10. The van der Waals surface area contributed by atoms with E-state index in [-0.39, 0.29) is 31.1 Å². The summed E-state index contributed by atoms with van der Waals surface area (Å²) in [6, 6.07) is 0.